The molecule has 3 amide bonds. The Hall–Kier alpha value is -3.77. The molecule has 1 fully saturated rings. The topological polar surface area (TPSA) is 67.9 Å². The van der Waals surface area contributed by atoms with Crippen molar-refractivity contribution in [3.05, 3.63) is 99.2 Å². The van der Waals surface area contributed by atoms with Crippen molar-refractivity contribution >= 4 is 29.6 Å². The molecule has 0 aliphatic carbocycles. The average Bonchev–Trinajstić information content (AvgIpc) is 3.05. The second-order valence-corrected chi connectivity index (χ2v) is 8.59. The van der Waals surface area contributed by atoms with Crippen LogP contribution in [-0.4, -0.2) is 23.9 Å². The molecule has 0 bridgehead atoms. The minimum absolute atomic E-state index is 0.171. The van der Waals surface area contributed by atoms with Crippen LogP contribution in [0.3, 0.4) is 0 Å². The fourth-order valence-corrected chi connectivity index (χ4v) is 4.07. The molecule has 3 aromatic carbocycles. The van der Waals surface area contributed by atoms with E-state index in [1.807, 2.05) is 62.4 Å². The minimum atomic E-state index is -0.464. The predicted octanol–water partition coefficient (Wildman–Crippen LogP) is 5.64. The highest BCUT2D eigenvalue weighted by Gasteiger charge is 2.33. The van der Waals surface area contributed by atoms with E-state index < -0.39 is 11.9 Å². The molecule has 1 N–H and O–H groups in total. The molecule has 0 atom stereocenters. The van der Waals surface area contributed by atoms with Gasteiger partial charge in [0.2, 0.25) is 0 Å². The molecule has 0 aromatic heterocycles. The Kier molecular flexibility index (Phi) is 6.89. The molecule has 0 saturated carbocycles. The highest BCUT2D eigenvalue weighted by Crippen LogP contribution is 2.37. The van der Waals surface area contributed by atoms with E-state index >= 15 is 0 Å². The number of carbonyl (C=O) groups excluding carboxylic acids is 2. The van der Waals surface area contributed by atoms with Gasteiger partial charge < -0.3 is 14.8 Å². The van der Waals surface area contributed by atoms with Crippen LogP contribution in [0.15, 0.2) is 66.4 Å². The Morgan fingerprint density at radius 3 is 2.32 bits per heavy atom. The summed E-state index contributed by atoms with van der Waals surface area (Å²) in [4.78, 5) is 26.5. The highest BCUT2D eigenvalue weighted by atomic mass is 35.5. The molecule has 0 radical (unpaired) electrons. The van der Waals surface area contributed by atoms with Crippen LogP contribution in [0.25, 0.3) is 6.08 Å². The number of ether oxygens (including phenoxy) is 2. The Bertz CT molecular complexity index is 1290. The Morgan fingerprint density at radius 2 is 1.65 bits per heavy atom. The first kappa shape index (κ1) is 23.4. The number of nitrogens with zero attached hydrogens (tertiary/aromatic N) is 1. The maximum Gasteiger partial charge on any atom is 0.329 e. The lowest BCUT2D eigenvalue weighted by Crippen LogP contribution is -2.30. The molecule has 7 heteroatoms. The number of imide groups is 1. The summed E-state index contributed by atoms with van der Waals surface area (Å²) in [6.07, 6.45) is 1.58. The van der Waals surface area contributed by atoms with Crippen LogP contribution >= 0.6 is 11.6 Å². The standard InChI is InChI=1S/C27H25ClN2O4/c1-17-6-4-8-19(10-17)15-30-26(31)23(29-27(30)32)13-21-12-22(28)25(24(14-21)33-3)34-16-20-9-5-7-18(2)11-20/h4-14H,15-16H2,1-3H3,(H,29,32)/b23-13+. The van der Waals surface area contributed by atoms with E-state index in [0.717, 1.165) is 22.3 Å². The zero-order valence-corrected chi connectivity index (χ0v) is 20.0. The van der Waals surface area contributed by atoms with Crippen molar-refractivity contribution in [2.45, 2.75) is 27.0 Å². The van der Waals surface area contributed by atoms with Gasteiger partial charge in [0.1, 0.15) is 12.3 Å². The molecular weight excluding hydrogens is 452 g/mol. The molecular formula is C27H25ClN2O4. The van der Waals surface area contributed by atoms with Gasteiger partial charge in [-0.3, -0.25) is 9.69 Å². The van der Waals surface area contributed by atoms with Gasteiger partial charge in [0.25, 0.3) is 5.91 Å². The normalized spacial score (nSPS) is 14.5. The zero-order chi connectivity index (χ0) is 24.2. The first-order valence-electron chi connectivity index (χ1n) is 10.8. The Morgan fingerprint density at radius 1 is 0.971 bits per heavy atom. The molecule has 0 unspecified atom stereocenters. The molecule has 174 valence electrons. The number of urea groups is 1. The number of nitrogens with one attached hydrogen (secondary N) is 1. The van der Waals surface area contributed by atoms with Gasteiger partial charge >= 0.3 is 6.03 Å². The van der Waals surface area contributed by atoms with Crippen LogP contribution in [0.5, 0.6) is 11.5 Å². The van der Waals surface area contributed by atoms with Crippen LogP contribution in [0.2, 0.25) is 5.02 Å². The lowest BCUT2D eigenvalue weighted by molar-refractivity contribution is -0.123. The van der Waals surface area contributed by atoms with Crippen molar-refractivity contribution in [3.8, 4) is 11.5 Å². The number of benzene rings is 3. The lowest BCUT2D eigenvalue weighted by Gasteiger charge is -2.14. The third-order valence-corrected chi connectivity index (χ3v) is 5.69. The molecule has 1 saturated heterocycles. The summed E-state index contributed by atoms with van der Waals surface area (Å²) in [5, 5.41) is 2.98. The lowest BCUT2D eigenvalue weighted by atomic mass is 10.1. The largest absolute Gasteiger partial charge is 0.493 e. The maximum absolute atomic E-state index is 12.9. The van der Waals surface area contributed by atoms with Crippen molar-refractivity contribution in [1.29, 1.82) is 0 Å². The van der Waals surface area contributed by atoms with E-state index in [9.17, 15) is 9.59 Å². The van der Waals surface area contributed by atoms with Crippen molar-refractivity contribution in [2.24, 2.45) is 0 Å². The van der Waals surface area contributed by atoms with Gasteiger partial charge in [-0.1, -0.05) is 71.3 Å². The number of halogens is 1. The Balaban J connectivity index is 1.53. The second kappa shape index (κ2) is 10.0. The van der Waals surface area contributed by atoms with E-state index in [4.69, 9.17) is 21.1 Å². The second-order valence-electron chi connectivity index (χ2n) is 8.18. The molecule has 1 aliphatic rings. The number of hydrogen-bond acceptors (Lipinski definition) is 4. The summed E-state index contributed by atoms with van der Waals surface area (Å²) in [7, 11) is 1.52. The third kappa shape index (κ3) is 5.24. The fraction of sp³-hybridized carbons (Fsp3) is 0.185. The van der Waals surface area contributed by atoms with Crippen molar-refractivity contribution < 1.29 is 19.1 Å². The van der Waals surface area contributed by atoms with Gasteiger partial charge in [-0.15, -0.1) is 0 Å². The summed E-state index contributed by atoms with van der Waals surface area (Å²) in [6, 6.07) is 18.6. The van der Waals surface area contributed by atoms with E-state index in [1.54, 1.807) is 18.2 Å². The molecule has 3 aromatic rings. The summed E-state index contributed by atoms with van der Waals surface area (Å²) in [5.41, 5.74) is 4.87. The van der Waals surface area contributed by atoms with Gasteiger partial charge in [-0.25, -0.2) is 4.79 Å². The minimum Gasteiger partial charge on any atom is -0.493 e. The van der Waals surface area contributed by atoms with Crippen molar-refractivity contribution in [2.75, 3.05) is 7.11 Å². The molecule has 1 aliphatic heterocycles. The van der Waals surface area contributed by atoms with Crippen LogP contribution < -0.4 is 14.8 Å². The van der Waals surface area contributed by atoms with E-state index in [-0.39, 0.29) is 12.2 Å². The van der Waals surface area contributed by atoms with Crippen LogP contribution in [0, 0.1) is 13.8 Å². The number of aryl methyl sites for hydroxylation is 2. The number of hydrogen-bond donors (Lipinski definition) is 1. The fourth-order valence-electron chi connectivity index (χ4n) is 3.80. The first-order chi connectivity index (χ1) is 16.3. The SMILES string of the molecule is COc1cc(/C=C2/NC(=O)N(Cc3cccc(C)c3)C2=O)cc(Cl)c1OCc1cccc(C)c1. The summed E-state index contributed by atoms with van der Waals surface area (Å²) >= 11 is 6.50. The monoisotopic (exact) mass is 476 g/mol. The van der Waals surface area contributed by atoms with Gasteiger partial charge in [-0.05, 0) is 48.7 Å². The molecule has 34 heavy (non-hydrogen) atoms. The molecule has 4 rings (SSSR count). The quantitative estimate of drug-likeness (QED) is 0.354. The number of methoxy groups -OCH3 is 1. The average molecular weight is 477 g/mol. The summed E-state index contributed by atoms with van der Waals surface area (Å²) < 4.78 is 11.4. The summed E-state index contributed by atoms with van der Waals surface area (Å²) in [5.74, 6) is 0.442. The van der Waals surface area contributed by atoms with Crippen LogP contribution in [-0.2, 0) is 17.9 Å². The van der Waals surface area contributed by atoms with Gasteiger partial charge in [-0.2, -0.15) is 0 Å². The Labute approximate surface area is 203 Å². The number of amides is 3. The van der Waals surface area contributed by atoms with E-state index in [1.165, 1.54) is 12.0 Å². The van der Waals surface area contributed by atoms with Crippen molar-refractivity contribution in [3.63, 3.8) is 0 Å². The predicted molar refractivity (Wildman–Crippen MR) is 132 cm³/mol. The first-order valence-corrected chi connectivity index (χ1v) is 11.2. The number of carbonyl (C=O) groups is 2. The third-order valence-electron chi connectivity index (χ3n) is 5.41. The van der Waals surface area contributed by atoms with Crippen LogP contribution in [0.1, 0.15) is 27.8 Å². The van der Waals surface area contributed by atoms with Gasteiger partial charge in [0.05, 0.1) is 18.7 Å². The molecule has 0 spiro atoms. The van der Waals surface area contributed by atoms with Gasteiger partial charge in [0, 0.05) is 0 Å². The number of rotatable bonds is 7. The van der Waals surface area contributed by atoms with Crippen molar-refractivity contribution in [1.82, 2.24) is 10.2 Å². The summed E-state index contributed by atoms with van der Waals surface area (Å²) in [6.45, 7) is 4.51. The highest BCUT2D eigenvalue weighted by molar-refractivity contribution is 6.32. The smallest absolute Gasteiger partial charge is 0.329 e. The van der Waals surface area contributed by atoms with Gasteiger partial charge in [0.15, 0.2) is 11.5 Å². The van der Waals surface area contributed by atoms with E-state index in [2.05, 4.69) is 5.32 Å². The molecule has 6 nitrogen and oxygen atoms in total. The van der Waals surface area contributed by atoms with Crippen LogP contribution in [0.4, 0.5) is 4.79 Å². The van der Waals surface area contributed by atoms with E-state index in [0.29, 0.717) is 28.7 Å². The zero-order valence-electron chi connectivity index (χ0n) is 19.2. The molecule has 1 heterocycles. The maximum atomic E-state index is 12.9.